The third-order valence-electron chi connectivity index (χ3n) is 2.79. The molecule has 1 aliphatic heterocycles. The van der Waals surface area contributed by atoms with Gasteiger partial charge in [0.05, 0.1) is 11.5 Å². The minimum absolute atomic E-state index is 0.131. The average molecular weight is 240 g/mol. The molecule has 1 saturated heterocycles. The van der Waals surface area contributed by atoms with Crippen LogP contribution in [0.3, 0.4) is 0 Å². The van der Waals surface area contributed by atoms with Crippen LogP contribution in [0.2, 0.25) is 0 Å². The van der Waals surface area contributed by atoms with E-state index in [1.54, 1.807) is 24.5 Å². The smallest absolute Gasteiger partial charge is 0.154 e. The van der Waals surface area contributed by atoms with Crippen LogP contribution in [0.15, 0.2) is 24.5 Å². The van der Waals surface area contributed by atoms with Crippen molar-refractivity contribution in [1.29, 1.82) is 0 Å². The topological polar surface area (TPSA) is 59.1 Å². The summed E-state index contributed by atoms with van der Waals surface area (Å²) < 4.78 is 23.8. The van der Waals surface area contributed by atoms with Crippen LogP contribution < -0.4 is 5.32 Å². The molecule has 0 saturated carbocycles. The van der Waals surface area contributed by atoms with Gasteiger partial charge >= 0.3 is 0 Å². The first-order valence-corrected chi connectivity index (χ1v) is 7.28. The van der Waals surface area contributed by atoms with Gasteiger partial charge in [-0.1, -0.05) is 0 Å². The molecule has 0 radical (unpaired) electrons. The van der Waals surface area contributed by atoms with E-state index in [0.29, 0.717) is 5.75 Å². The highest BCUT2D eigenvalue weighted by molar-refractivity contribution is 7.90. The van der Waals surface area contributed by atoms with Crippen molar-refractivity contribution in [2.75, 3.05) is 18.8 Å². The van der Waals surface area contributed by atoms with E-state index in [2.05, 4.69) is 10.3 Å². The van der Waals surface area contributed by atoms with E-state index in [9.17, 15) is 8.42 Å². The lowest BCUT2D eigenvalue weighted by Crippen LogP contribution is -2.20. The zero-order valence-electron chi connectivity index (χ0n) is 9.09. The zero-order valence-corrected chi connectivity index (χ0v) is 9.91. The van der Waals surface area contributed by atoms with Gasteiger partial charge in [-0.05, 0) is 43.1 Å². The van der Waals surface area contributed by atoms with Crippen molar-refractivity contribution >= 4 is 9.84 Å². The molecule has 1 fully saturated rings. The average Bonchev–Trinajstić information content (AvgIpc) is 2.70. The highest BCUT2D eigenvalue weighted by Gasteiger charge is 2.22. The van der Waals surface area contributed by atoms with E-state index in [-0.39, 0.29) is 11.7 Å². The van der Waals surface area contributed by atoms with Gasteiger partial charge in [0.1, 0.15) is 0 Å². The molecule has 5 heteroatoms. The summed E-state index contributed by atoms with van der Waals surface area (Å²) in [6.07, 6.45) is 4.22. The molecule has 2 rings (SSSR count). The molecule has 0 amide bonds. The third-order valence-corrected chi connectivity index (χ3v) is 4.54. The molecule has 0 aliphatic carbocycles. The minimum Gasteiger partial charge on any atom is -0.316 e. The van der Waals surface area contributed by atoms with Gasteiger partial charge in [0.2, 0.25) is 0 Å². The van der Waals surface area contributed by atoms with E-state index in [0.717, 1.165) is 25.1 Å². The molecule has 1 unspecified atom stereocenters. The Morgan fingerprint density at radius 3 is 2.75 bits per heavy atom. The van der Waals surface area contributed by atoms with Crippen LogP contribution in [0.5, 0.6) is 0 Å². The number of hydrogen-bond donors (Lipinski definition) is 1. The van der Waals surface area contributed by atoms with Gasteiger partial charge in [0, 0.05) is 12.4 Å². The normalized spacial score (nSPS) is 21.1. The maximum atomic E-state index is 11.9. The number of hydrogen-bond acceptors (Lipinski definition) is 4. The predicted molar refractivity (Wildman–Crippen MR) is 62.7 cm³/mol. The summed E-state index contributed by atoms with van der Waals surface area (Å²) in [4.78, 5) is 3.87. The number of aromatic nitrogens is 1. The van der Waals surface area contributed by atoms with Gasteiger partial charge in [-0.15, -0.1) is 0 Å². The number of rotatable bonds is 4. The van der Waals surface area contributed by atoms with Gasteiger partial charge < -0.3 is 5.32 Å². The van der Waals surface area contributed by atoms with Crippen molar-refractivity contribution < 1.29 is 8.42 Å². The number of sulfone groups is 1. The van der Waals surface area contributed by atoms with Gasteiger partial charge in [0.15, 0.2) is 9.84 Å². The summed E-state index contributed by atoms with van der Waals surface area (Å²) in [6.45, 7) is 1.77. The van der Waals surface area contributed by atoms with Crippen LogP contribution in [0, 0.1) is 5.92 Å². The van der Waals surface area contributed by atoms with E-state index < -0.39 is 9.84 Å². The van der Waals surface area contributed by atoms with Crippen molar-refractivity contribution in [3.63, 3.8) is 0 Å². The standard InChI is InChI=1S/C11H16N2O2S/c14-16(15,9-11-3-6-13-7-11)8-10-1-4-12-5-2-10/h1-2,4-5,11,13H,3,6-9H2. The van der Waals surface area contributed by atoms with Gasteiger partial charge in [0.25, 0.3) is 0 Å². The van der Waals surface area contributed by atoms with Crippen LogP contribution in [0.25, 0.3) is 0 Å². The van der Waals surface area contributed by atoms with Gasteiger partial charge in [-0.3, -0.25) is 4.98 Å². The fraction of sp³-hybridized carbons (Fsp3) is 0.545. The van der Waals surface area contributed by atoms with Crippen LogP contribution in [-0.4, -0.2) is 32.2 Å². The van der Waals surface area contributed by atoms with Crippen molar-refractivity contribution in [3.05, 3.63) is 30.1 Å². The lowest BCUT2D eigenvalue weighted by atomic mass is 10.2. The Bertz CT molecular complexity index is 425. The highest BCUT2D eigenvalue weighted by atomic mass is 32.2. The molecule has 1 aromatic rings. The number of nitrogens with one attached hydrogen (secondary N) is 1. The van der Waals surface area contributed by atoms with E-state index in [1.165, 1.54) is 0 Å². The van der Waals surface area contributed by atoms with E-state index in [4.69, 9.17) is 0 Å². The Kier molecular flexibility index (Phi) is 3.56. The van der Waals surface area contributed by atoms with Crippen molar-refractivity contribution in [1.82, 2.24) is 10.3 Å². The second kappa shape index (κ2) is 4.93. The molecule has 2 heterocycles. The Morgan fingerprint density at radius 2 is 2.12 bits per heavy atom. The van der Waals surface area contributed by atoms with Crippen LogP contribution in [0.4, 0.5) is 0 Å². The molecule has 0 bridgehead atoms. The molecule has 4 nitrogen and oxygen atoms in total. The highest BCUT2D eigenvalue weighted by Crippen LogP contribution is 2.14. The second-order valence-corrected chi connectivity index (χ2v) is 6.38. The SMILES string of the molecule is O=S(=O)(Cc1ccncc1)CC1CCNC1. The predicted octanol–water partition coefficient (Wildman–Crippen LogP) is 0.606. The van der Waals surface area contributed by atoms with Crippen molar-refractivity contribution in [2.45, 2.75) is 12.2 Å². The summed E-state index contributed by atoms with van der Waals surface area (Å²) in [7, 11) is -2.99. The minimum atomic E-state index is -2.99. The summed E-state index contributed by atoms with van der Waals surface area (Å²) in [5.74, 6) is 0.709. The lowest BCUT2D eigenvalue weighted by molar-refractivity contribution is 0.570. The van der Waals surface area contributed by atoms with Crippen molar-refractivity contribution in [3.8, 4) is 0 Å². The molecule has 88 valence electrons. The summed E-state index contributed by atoms with van der Waals surface area (Å²) in [5, 5.41) is 3.18. The lowest BCUT2D eigenvalue weighted by Gasteiger charge is -2.09. The molecule has 1 aliphatic rings. The quantitative estimate of drug-likeness (QED) is 0.837. The Morgan fingerprint density at radius 1 is 1.38 bits per heavy atom. The molecule has 0 aromatic carbocycles. The Balaban J connectivity index is 1.97. The molecule has 1 N–H and O–H groups in total. The summed E-state index contributed by atoms with van der Waals surface area (Å²) >= 11 is 0. The molecular formula is C11H16N2O2S. The molecule has 0 spiro atoms. The van der Waals surface area contributed by atoms with E-state index in [1.807, 2.05) is 0 Å². The molecular weight excluding hydrogens is 224 g/mol. The van der Waals surface area contributed by atoms with Crippen LogP contribution in [0.1, 0.15) is 12.0 Å². The first-order chi connectivity index (χ1) is 7.66. The molecule has 16 heavy (non-hydrogen) atoms. The molecule has 1 aromatic heterocycles. The summed E-state index contributed by atoms with van der Waals surface area (Å²) in [6, 6.07) is 3.51. The molecule has 1 atom stereocenters. The fourth-order valence-corrected chi connectivity index (χ4v) is 3.83. The van der Waals surface area contributed by atoms with Gasteiger partial charge in [-0.2, -0.15) is 0 Å². The monoisotopic (exact) mass is 240 g/mol. The maximum absolute atomic E-state index is 11.9. The zero-order chi connectivity index (χ0) is 11.4. The summed E-state index contributed by atoms with van der Waals surface area (Å²) in [5.41, 5.74) is 0.820. The first-order valence-electron chi connectivity index (χ1n) is 5.46. The number of nitrogens with zero attached hydrogens (tertiary/aromatic N) is 1. The van der Waals surface area contributed by atoms with Crippen molar-refractivity contribution in [2.24, 2.45) is 5.92 Å². The van der Waals surface area contributed by atoms with Gasteiger partial charge in [-0.25, -0.2) is 8.42 Å². The first kappa shape index (κ1) is 11.5. The van der Waals surface area contributed by atoms with Crippen LogP contribution in [-0.2, 0) is 15.6 Å². The Labute approximate surface area is 96.0 Å². The number of pyridine rings is 1. The van der Waals surface area contributed by atoms with Crippen LogP contribution >= 0.6 is 0 Å². The van der Waals surface area contributed by atoms with E-state index >= 15 is 0 Å². The third kappa shape index (κ3) is 3.28. The fourth-order valence-electron chi connectivity index (χ4n) is 2.01. The largest absolute Gasteiger partial charge is 0.316 e. The Hall–Kier alpha value is -0.940. The second-order valence-electron chi connectivity index (χ2n) is 4.27. The maximum Gasteiger partial charge on any atom is 0.154 e.